The molecule has 1 atom stereocenters. The quantitative estimate of drug-likeness (QED) is 0.766. The molecule has 4 nitrogen and oxygen atoms in total. The summed E-state index contributed by atoms with van der Waals surface area (Å²) in [5.74, 6) is 0. The summed E-state index contributed by atoms with van der Waals surface area (Å²) in [5, 5.41) is 9.71. The lowest BCUT2D eigenvalue weighted by Gasteiger charge is -2.06. The van der Waals surface area contributed by atoms with Crippen LogP contribution >= 0.6 is 0 Å². The third-order valence-corrected chi connectivity index (χ3v) is 2.22. The van der Waals surface area contributed by atoms with Gasteiger partial charge in [0.1, 0.15) is 0 Å². The number of fused-ring (bicyclic) bond motifs is 1. The molecule has 0 amide bonds. The molecule has 0 spiro atoms. The smallest absolute Gasteiger partial charge is 0.226 e. The molecule has 0 saturated heterocycles. The van der Waals surface area contributed by atoms with Gasteiger partial charge in [-0.05, 0) is 18.6 Å². The lowest BCUT2D eigenvalue weighted by atomic mass is 10.1. The Hall–Kier alpha value is -1.39. The first-order valence-corrected chi connectivity index (χ1v) is 4.51. The van der Waals surface area contributed by atoms with Gasteiger partial charge in [0.15, 0.2) is 0 Å². The molecule has 0 aliphatic heterocycles. The van der Waals surface area contributed by atoms with Gasteiger partial charge in [0.05, 0.1) is 6.26 Å². The maximum Gasteiger partial charge on any atom is 0.226 e. The summed E-state index contributed by atoms with van der Waals surface area (Å²) < 4.78 is 5.24. The zero-order valence-electron chi connectivity index (χ0n) is 7.68. The van der Waals surface area contributed by atoms with Crippen molar-refractivity contribution >= 4 is 11.1 Å². The van der Waals surface area contributed by atoms with Crippen LogP contribution in [0.5, 0.6) is 0 Å². The van der Waals surface area contributed by atoms with Crippen LogP contribution in [-0.4, -0.2) is 16.7 Å². The molecule has 14 heavy (non-hydrogen) atoms. The van der Waals surface area contributed by atoms with Crippen LogP contribution in [0.25, 0.3) is 11.1 Å². The molecule has 0 aliphatic rings. The molecule has 0 saturated carbocycles. The first-order chi connectivity index (χ1) is 6.83. The van der Waals surface area contributed by atoms with Gasteiger partial charge in [0.25, 0.3) is 0 Å². The minimum atomic E-state index is -0.189. The number of hydrogen-bond donors (Lipinski definition) is 2. The Labute approximate surface area is 81.4 Å². The van der Waals surface area contributed by atoms with Crippen molar-refractivity contribution < 1.29 is 9.52 Å². The molecule has 0 radical (unpaired) electrons. The highest BCUT2D eigenvalue weighted by atomic mass is 16.3. The van der Waals surface area contributed by atoms with E-state index >= 15 is 0 Å². The number of furan rings is 1. The van der Waals surface area contributed by atoms with E-state index in [2.05, 4.69) is 4.98 Å². The van der Waals surface area contributed by atoms with E-state index in [1.165, 1.54) is 0 Å². The average molecular weight is 192 g/mol. The third kappa shape index (κ3) is 1.49. The summed E-state index contributed by atoms with van der Waals surface area (Å²) in [5.41, 5.74) is 7.37. The standard InChI is InChI=1S/C10H12N2O2/c11-9(3-5-13)8-6-14-10-7(8)2-1-4-12-10/h1-2,4,6,9,13H,3,5,11H2. The first-order valence-electron chi connectivity index (χ1n) is 4.51. The van der Waals surface area contributed by atoms with Gasteiger partial charge >= 0.3 is 0 Å². The highest BCUT2D eigenvalue weighted by Gasteiger charge is 2.12. The molecule has 0 fully saturated rings. The van der Waals surface area contributed by atoms with E-state index in [9.17, 15) is 0 Å². The van der Waals surface area contributed by atoms with Gasteiger partial charge in [0.2, 0.25) is 5.71 Å². The second kappa shape index (κ2) is 3.77. The Morgan fingerprint density at radius 3 is 3.21 bits per heavy atom. The van der Waals surface area contributed by atoms with E-state index in [1.54, 1.807) is 12.5 Å². The Kier molecular flexibility index (Phi) is 2.47. The molecule has 1 unspecified atom stereocenters. The van der Waals surface area contributed by atoms with Gasteiger partial charge < -0.3 is 15.3 Å². The summed E-state index contributed by atoms with van der Waals surface area (Å²) in [6.45, 7) is 0.0775. The van der Waals surface area contributed by atoms with E-state index < -0.39 is 0 Å². The fourth-order valence-electron chi connectivity index (χ4n) is 1.47. The SMILES string of the molecule is NC(CCO)c1coc2ncccc12. The van der Waals surface area contributed by atoms with Gasteiger partial charge in [0, 0.05) is 29.8 Å². The first kappa shape index (κ1) is 9.18. The zero-order valence-corrected chi connectivity index (χ0v) is 7.68. The van der Waals surface area contributed by atoms with Crippen molar-refractivity contribution in [2.75, 3.05) is 6.61 Å². The zero-order chi connectivity index (χ0) is 9.97. The van der Waals surface area contributed by atoms with Crippen molar-refractivity contribution in [1.29, 1.82) is 0 Å². The molecule has 0 aromatic carbocycles. The lowest BCUT2D eigenvalue weighted by molar-refractivity contribution is 0.276. The van der Waals surface area contributed by atoms with Crippen LogP contribution in [-0.2, 0) is 0 Å². The number of rotatable bonds is 3. The fraction of sp³-hybridized carbons (Fsp3) is 0.300. The van der Waals surface area contributed by atoms with Crippen molar-refractivity contribution in [1.82, 2.24) is 4.98 Å². The number of aromatic nitrogens is 1. The summed E-state index contributed by atoms with van der Waals surface area (Å²) >= 11 is 0. The van der Waals surface area contributed by atoms with Crippen LogP contribution in [0.15, 0.2) is 29.0 Å². The molecular formula is C10H12N2O2. The maximum atomic E-state index is 8.78. The van der Waals surface area contributed by atoms with Crippen molar-refractivity contribution in [3.8, 4) is 0 Å². The molecule has 4 heteroatoms. The van der Waals surface area contributed by atoms with Crippen LogP contribution < -0.4 is 5.73 Å². The lowest BCUT2D eigenvalue weighted by Crippen LogP contribution is -2.11. The van der Waals surface area contributed by atoms with Crippen LogP contribution in [0.4, 0.5) is 0 Å². The molecule has 0 aliphatic carbocycles. The Morgan fingerprint density at radius 2 is 2.43 bits per heavy atom. The molecule has 2 aromatic heterocycles. The van der Waals surface area contributed by atoms with E-state index in [1.807, 2.05) is 12.1 Å². The fourth-order valence-corrected chi connectivity index (χ4v) is 1.47. The number of nitrogens with two attached hydrogens (primary N) is 1. The van der Waals surface area contributed by atoms with Gasteiger partial charge in [-0.1, -0.05) is 0 Å². The number of aliphatic hydroxyl groups excluding tert-OH is 1. The predicted octanol–water partition coefficient (Wildman–Crippen LogP) is 1.21. The van der Waals surface area contributed by atoms with Gasteiger partial charge in [-0.2, -0.15) is 0 Å². The van der Waals surface area contributed by atoms with E-state index in [4.69, 9.17) is 15.3 Å². The van der Waals surface area contributed by atoms with Gasteiger partial charge in [-0.3, -0.25) is 0 Å². The largest absolute Gasteiger partial charge is 0.446 e. The summed E-state index contributed by atoms with van der Waals surface area (Å²) in [4.78, 5) is 4.06. The summed E-state index contributed by atoms with van der Waals surface area (Å²) in [6, 6.07) is 3.57. The molecule has 0 bridgehead atoms. The predicted molar refractivity (Wildman–Crippen MR) is 52.6 cm³/mol. The van der Waals surface area contributed by atoms with E-state index in [-0.39, 0.29) is 12.6 Å². The van der Waals surface area contributed by atoms with Crippen LogP contribution in [0.3, 0.4) is 0 Å². The van der Waals surface area contributed by atoms with Crippen molar-refractivity contribution in [3.63, 3.8) is 0 Å². The second-order valence-electron chi connectivity index (χ2n) is 3.17. The van der Waals surface area contributed by atoms with Crippen molar-refractivity contribution in [2.24, 2.45) is 5.73 Å². The van der Waals surface area contributed by atoms with Gasteiger partial charge in [-0.15, -0.1) is 0 Å². The molecule has 3 N–H and O–H groups in total. The Bertz CT molecular complexity index is 425. The molecule has 2 rings (SSSR count). The monoisotopic (exact) mass is 192 g/mol. The number of pyridine rings is 1. The topological polar surface area (TPSA) is 72.3 Å². The summed E-state index contributed by atoms with van der Waals surface area (Å²) in [6.07, 6.45) is 3.81. The number of aliphatic hydroxyl groups is 1. The van der Waals surface area contributed by atoms with Crippen LogP contribution in [0.1, 0.15) is 18.0 Å². The van der Waals surface area contributed by atoms with Crippen molar-refractivity contribution in [2.45, 2.75) is 12.5 Å². The Morgan fingerprint density at radius 1 is 1.57 bits per heavy atom. The van der Waals surface area contributed by atoms with E-state index in [0.717, 1.165) is 10.9 Å². The van der Waals surface area contributed by atoms with Crippen LogP contribution in [0.2, 0.25) is 0 Å². The highest BCUT2D eigenvalue weighted by Crippen LogP contribution is 2.24. The normalized spacial score (nSPS) is 13.3. The number of nitrogens with zero attached hydrogens (tertiary/aromatic N) is 1. The third-order valence-electron chi connectivity index (χ3n) is 2.22. The van der Waals surface area contributed by atoms with E-state index in [0.29, 0.717) is 12.1 Å². The maximum absolute atomic E-state index is 8.78. The molecule has 2 heterocycles. The second-order valence-corrected chi connectivity index (χ2v) is 3.17. The average Bonchev–Trinajstić information content (AvgIpc) is 2.61. The van der Waals surface area contributed by atoms with Crippen LogP contribution in [0, 0.1) is 0 Å². The van der Waals surface area contributed by atoms with Gasteiger partial charge in [-0.25, -0.2) is 4.98 Å². The Balaban J connectivity index is 2.42. The minimum absolute atomic E-state index is 0.0775. The van der Waals surface area contributed by atoms with Crippen molar-refractivity contribution in [3.05, 3.63) is 30.2 Å². The highest BCUT2D eigenvalue weighted by molar-refractivity contribution is 5.77. The number of hydrogen-bond acceptors (Lipinski definition) is 4. The summed E-state index contributed by atoms with van der Waals surface area (Å²) in [7, 11) is 0. The molecular weight excluding hydrogens is 180 g/mol. The minimum Gasteiger partial charge on any atom is -0.446 e. The molecule has 74 valence electrons. The molecule has 2 aromatic rings.